The molecular weight excluding hydrogens is 248 g/mol. The van der Waals surface area contributed by atoms with E-state index in [1.54, 1.807) is 0 Å². The molecule has 0 fully saturated rings. The van der Waals surface area contributed by atoms with Crippen LogP contribution in [-0.2, 0) is 13.0 Å². The maximum atomic E-state index is 5.45. The molecule has 0 radical (unpaired) electrons. The Labute approximate surface area is 111 Å². The van der Waals surface area contributed by atoms with Crippen LogP contribution in [-0.4, -0.2) is 23.3 Å². The van der Waals surface area contributed by atoms with Crippen molar-refractivity contribution >= 4 is 17.4 Å². The number of hydrogen-bond acceptors (Lipinski definition) is 6. The van der Waals surface area contributed by atoms with Gasteiger partial charge in [-0.1, -0.05) is 5.10 Å². The zero-order valence-corrected chi connectivity index (χ0v) is 11.7. The Morgan fingerprint density at radius 2 is 2.22 bits per heavy atom. The highest BCUT2D eigenvalue weighted by Crippen LogP contribution is 2.18. The number of aromatic nitrogens is 2. The van der Waals surface area contributed by atoms with Crippen molar-refractivity contribution in [1.29, 1.82) is 0 Å². The molecule has 1 unspecified atom stereocenters. The minimum absolute atomic E-state index is 0.269. The highest BCUT2D eigenvalue weighted by Gasteiger charge is 2.10. The molecule has 0 aliphatic rings. The molecule has 98 valence electrons. The Kier molecular flexibility index (Phi) is 4.33. The van der Waals surface area contributed by atoms with Gasteiger partial charge in [-0.15, -0.1) is 16.4 Å². The van der Waals surface area contributed by atoms with E-state index in [1.165, 1.54) is 9.75 Å². The number of hydrogen-bond donors (Lipinski definition) is 2. The quantitative estimate of drug-likeness (QED) is 0.839. The fraction of sp³-hybridized carbons (Fsp3) is 0.500. The Hall–Kier alpha value is -1.40. The van der Waals surface area contributed by atoms with E-state index in [0.717, 1.165) is 6.42 Å². The van der Waals surface area contributed by atoms with Gasteiger partial charge in [0.15, 0.2) is 0 Å². The summed E-state index contributed by atoms with van der Waals surface area (Å²) in [6, 6.07) is 5.06. The summed E-state index contributed by atoms with van der Waals surface area (Å²) in [7, 11) is 1.85. The summed E-state index contributed by atoms with van der Waals surface area (Å²) >= 11 is 1.82. The van der Waals surface area contributed by atoms with Gasteiger partial charge in [-0.05, 0) is 33.0 Å². The molecule has 2 heterocycles. The second-order valence-electron chi connectivity index (χ2n) is 4.29. The molecule has 0 amide bonds. The second kappa shape index (κ2) is 5.97. The number of anilines is 1. The molecule has 1 atom stereocenters. The third kappa shape index (κ3) is 3.54. The summed E-state index contributed by atoms with van der Waals surface area (Å²) in [4.78, 5) is 2.70. The molecule has 6 heteroatoms. The molecule has 0 spiro atoms. The fourth-order valence-electron chi connectivity index (χ4n) is 1.69. The average Bonchev–Trinajstić information content (AvgIpc) is 2.89. The van der Waals surface area contributed by atoms with Crippen molar-refractivity contribution in [2.75, 3.05) is 12.4 Å². The van der Waals surface area contributed by atoms with Crippen LogP contribution in [0, 0.1) is 6.92 Å². The fourth-order valence-corrected chi connectivity index (χ4v) is 2.71. The van der Waals surface area contributed by atoms with Crippen molar-refractivity contribution in [2.45, 2.75) is 32.9 Å². The van der Waals surface area contributed by atoms with Crippen LogP contribution in [0.25, 0.3) is 0 Å². The molecule has 2 N–H and O–H groups in total. The van der Waals surface area contributed by atoms with Gasteiger partial charge in [0, 0.05) is 22.2 Å². The van der Waals surface area contributed by atoms with E-state index in [4.69, 9.17) is 4.42 Å². The lowest BCUT2D eigenvalue weighted by molar-refractivity contribution is 0.485. The number of nitrogens with zero attached hydrogens (tertiary/aromatic N) is 2. The highest BCUT2D eigenvalue weighted by atomic mass is 32.1. The molecule has 2 aromatic heterocycles. The summed E-state index contributed by atoms with van der Waals surface area (Å²) in [5.74, 6) is 0.596. The van der Waals surface area contributed by atoms with Gasteiger partial charge in [0.25, 0.3) is 0 Å². The van der Waals surface area contributed by atoms with Crippen molar-refractivity contribution in [3.8, 4) is 0 Å². The Balaban J connectivity index is 1.88. The van der Waals surface area contributed by atoms with Crippen molar-refractivity contribution in [1.82, 2.24) is 15.5 Å². The lowest BCUT2D eigenvalue weighted by Crippen LogP contribution is -2.17. The van der Waals surface area contributed by atoms with Crippen LogP contribution in [0.4, 0.5) is 6.01 Å². The van der Waals surface area contributed by atoms with E-state index in [9.17, 15) is 0 Å². The van der Waals surface area contributed by atoms with Gasteiger partial charge in [0.05, 0.1) is 6.54 Å². The number of nitrogens with one attached hydrogen (secondary N) is 2. The van der Waals surface area contributed by atoms with Gasteiger partial charge < -0.3 is 15.1 Å². The zero-order valence-electron chi connectivity index (χ0n) is 10.9. The molecule has 0 aromatic carbocycles. The Morgan fingerprint density at radius 1 is 1.39 bits per heavy atom. The van der Waals surface area contributed by atoms with Gasteiger partial charge in [-0.3, -0.25) is 0 Å². The normalized spacial score (nSPS) is 12.6. The largest absolute Gasteiger partial charge is 0.407 e. The predicted octanol–water partition coefficient (Wildman–Crippen LogP) is 2.20. The third-order valence-electron chi connectivity index (χ3n) is 2.47. The SMILES string of the molecule is CNCc1nnc(NC(C)Cc2ccc(C)s2)o1. The first kappa shape index (κ1) is 13.0. The Bertz CT molecular complexity index is 494. The van der Waals surface area contributed by atoms with Crippen LogP contribution < -0.4 is 10.6 Å². The van der Waals surface area contributed by atoms with Crippen LogP contribution in [0.2, 0.25) is 0 Å². The van der Waals surface area contributed by atoms with Crippen LogP contribution in [0.5, 0.6) is 0 Å². The van der Waals surface area contributed by atoms with Gasteiger partial charge >= 0.3 is 6.01 Å². The smallest absolute Gasteiger partial charge is 0.315 e. The Morgan fingerprint density at radius 3 is 2.89 bits per heavy atom. The first-order valence-electron chi connectivity index (χ1n) is 5.96. The summed E-state index contributed by atoms with van der Waals surface area (Å²) in [6.45, 7) is 4.82. The molecule has 0 saturated heterocycles. The molecule has 18 heavy (non-hydrogen) atoms. The molecule has 2 rings (SSSR count). The number of aryl methyl sites for hydroxylation is 1. The van der Waals surface area contributed by atoms with Crippen molar-refractivity contribution in [3.05, 3.63) is 27.8 Å². The van der Waals surface area contributed by atoms with Crippen molar-refractivity contribution < 1.29 is 4.42 Å². The van der Waals surface area contributed by atoms with Crippen LogP contribution in [0.15, 0.2) is 16.5 Å². The van der Waals surface area contributed by atoms with E-state index in [2.05, 4.69) is 46.8 Å². The molecule has 5 nitrogen and oxygen atoms in total. The van der Waals surface area contributed by atoms with E-state index in [-0.39, 0.29) is 6.04 Å². The van der Waals surface area contributed by atoms with E-state index in [1.807, 2.05) is 18.4 Å². The van der Waals surface area contributed by atoms with E-state index in [0.29, 0.717) is 18.5 Å². The minimum Gasteiger partial charge on any atom is -0.407 e. The predicted molar refractivity (Wildman–Crippen MR) is 72.9 cm³/mol. The number of thiophene rings is 1. The summed E-state index contributed by atoms with van der Waals surface area (Å²) in [6.07, 6.45) is 0.961. The van der Waals surface area contributed by atoms with Gasteiger partial charge in [0.2, 0.25) is 5.89 Å². The maximum absolute atomic E-state index is 5.45. The first-order chi connectivity index (χ1) is 8.67. The lowest BCUT2D eigenvalue weighted by atomic mass is 10.2. The second-order valence-corrected chi connectivity index (χ2v) is 5.67. The van der Waals surface area contributed by atoms with E-state index < -0.39 is 0 Å². The maximum Gasteiger partial charge on any atom is 0.315 e. The minimum atomic E-state index is 0.269. The molecule has 0 aliphatic carbocycles. The molecule has 0 bridgehead atoms. The summed E-state index contributed by atoms with van der Waals surface area (Å²) < 4.78 is 5.45. The molecule has 0 aliphatic heterocycles. The van der Waals surface area contributed by atoms with Gasteiger partial charge in [-0.2, -0.15) is 0 Å². The van der Waals surface area contributed by atoms with Crippen LogP contribution in [0.1, 0.15) is 22.6 Å². The van der Waals surface area contributed by atoms with Crippen molar-refractivity contribution in [2.24, 2.45) is 0 Å². The monoisotopic (exact) mass is 266 g/mol. The highest BCUT2D eigenvalue weighted by molar-refractivity contribution is 7.11. The first-order valence-corrected chi connectivity index (χ1v) is 6.78. The van der Waals surface area contributed by atoms with Gasteiger partial charge in [-0.25, -0.2) is 0 Å². The average molecular weight is 266 g/mol. The van der Waals surface area contributed by atoms with Crippen LogP contribution >= 0.6 is 11.3 Å². The standard InChI is InChI=1S/C12H18N4OS/c1-8(6-10-5-4-9(2)18-10)14-12-16-15-11(17-12)7-13-3/h4-5,8,13H,6-7H2,1-3H3,(H,14,16). The van der Waals surface area contributed by atoms with Crippen molar-refractivity contribution in [3.63, 3.8) is 0 Å². The summed E-state index contributed by atoms with van der Waals surface area (Å²) in [5.41, 5.74) is 0. The molecule has 2 aromatic rings. The molecular formula is C12H18N4OS. The summed E-state index contributed by atoms with van der Waals surface area (Å²) in [5, 5.41) is 14.1. The number of rotatable bonds is 6. The zero-order chi connectivity index (χ0) is 13.0. The van der Waals surface area contributed by atoms with Gasteiger partial charge in [0.1, 0.15) is 0 Å². The third-order valence-corrected chi connectivity index (χ3v) is 3.49. The van der Waals surface area contributed by atoms with E-state index >= 15 is 0 Å². The molecule has 0 saturated carbocycles. The van der Waals surface area contributed by atoms with Crippen LogP contribution in [0.3, 0.4) is 0 Å². The lowest BCUT2D eigenvalue weighted by Gasteiger charge is -2.09. The topological polar surface area (TPSA) is 63.0 Å².